The maximum atomic E-state index is 11.5. The monoisotopic (exact) mass is 553 g/mol. The molecule has 0 aromatic heterocycles. The standard InChI is InChI=1S/C29H25BN3O6P/c1-40(2)20-28(21-6-4-3-5-7-21)29(22-8-14-25(15-9-22)31(34)35)30(40,23-10-16-26(17-11-23)32(36)37)24-12-18-27(19-13-24)33(38)39/h3-19H,20H2,1-2H3. The van der Waals surface area contributed by atoms with Gasteiger partial charge in [0.2, 0.25) is 5.87 Å². The van der Waals surface area contributed by atoms with Crippen molar-refractivity contribution in [3.8, 4) is 0 Å². The first-order chi connectivity index (χ1) is 19.1. The van der Waals surface area contributed by atoms with Gasteiger partial charge in [0.05, 0.1) is 14.8 Å². The number of hydrogen-bond acceptors (Lipinski definition) is 6. The molecule has 0 bridgehead atoms. The average Bonchev–Trinajstić information content (AvgIpc) is 3.21. The van der Waals surface area contributed by atoms with Crippen molar-refractivity contribution in [1.82, 2.24) is 0 Å². The lowest BCUT2D eigenvalue weighted by molar-refractivity contribution is -0.385. The highest BCUT2D eigenvalue weighted by Crippen LogP contribution is 2.71. The number of rotatable bonds is 7. The van der Waals surface area contributed by atoms with Crippen molar-refractivity contribution in [1.29, 1.82) is 0 Å². The maximum Gasteiger partial charge on any atom is 0.269 e. The van der Waals surface area contributed by atoms with E-state index in [0.29, 0.717) is 0 Å². The largest absolute Gasteiger partial charge is 0.269 e. The third kappa shape index (κ3) is 4.36. The summed E-state index contributed by atoms with van der Waals surface area (Å²) in [4.78, 5) is 33.2. The fourth-order valence-corrected chi connectivity index (χ4v) is 10.8. The molecule has 1 aliphatic heterocycles. The zero-order valence-corrected chi connectivity index (χ0v) is 22.7. The molecule has 200 valence electrons. The minimum absolute atomic E-state index is 0.0264. The molecular weight excluding hydrogens is 528 g/mol. The van der Waals surface area contributed by atoms with E-state index in [1.165, 1.54) is 36.4 Å². The van der Waals surface area contributed by atoms with E-state index in [2.05, 4.69) is 13.3 Å². The van der Waals surface area contributed by atoms with E-state index >= 15 is 0 Å². The normalized spacial score (nSPS) is 15.6. The summed E-state index contributed by atoms with van der Waals surface area (Å²) in [5, 5.41) is 34.5. The molecule has 0 aliphatic carbocycles. The maximum absolute atomic E-state index is 11.5. The molecule has 40 heavy (non-hydrogen) atoms. The van der Waals surface area contributed by atoms with Crippen LogP contribution in [-0.2, 0) is 0 Å². The Morgan fingerprint density at radius 1 is 0.575 bits per heavy atom. The molecule has 0 saturated heterocycles. The van der Waals surface area contributed by atoms with Gasteiger partial charge < -0.3 is 0 Å². The van der Waals surface area contributed by atoms with Crippen LogP contribution in [0.25, 0.3) is 11.0 Å². The second-order valence-electron chi connectivity index (χ2n) is 10.5. The lowest BCUT2D eigenvalue weighted by Crippen LogP contribution is -2.59. The third-order valence-corrected chi connectivity index (χ3v) is 12.1. The summed E-state index contributed by atoms with van der Waals surface area (Å²) in [5.41, 5.74) is 5.62. The molecule has 0 spiro atoms. The van der Waals surface area contributed by atoms with Crippen molar-refractivity contribution < 1.29 is 14.8 Å². The minimum Gasteiger partial charge on any atom is -0.258 e. The molecule has 1 aliphatic rings. The fourth-order valence-electron chi connectivity index (χ4n) is 6.38. The van der Waals surface area contributed by atoms with Crippen LogP contribution in [0.3, 0.4) is 0 Å². The number of nitrogens with zero attached hydrogens (tertiary/aromatic N) is 3. The van der Waals surface area contributed by atoms with E-state index in [4.69, 9.17) is 0 Å². The van der Waals surface area contributed by atoms with Gasteiger partial charge >= 0.3 is 0 Å². The zero-order chi connectivity index (χ0) is 28.7. The van der Waals surface area contributed by atoms with Crippen molar-refractivity contribution in [3.63, 3.8) is 0 Å². The summed E-state index contributed by atoms with van der Waals surface area (Å²) in [6, 6.07) is 29.6. The minimum atomic E-state index is -2.02. The van der Waals surface area contributed by atoms with Crippen molar-refractivity contribution in [2.45, 2.75) is 0 Å². The van der Waals surface area contributed by atoms with Crippen LogP contribution in [0.5, 0.6) is 0 Å². The molecule has 4 aromatic carbocycles. The average molecular weight is 553 g/mol. The van der Waals surface area contributed by atoms with E-state index in [-0.39, 0.29) is 17.1 Å². The molecule has 1 heterocycles. The Bertz CT molecular complexity index is 1600. The number of benzene rings is 4. The highest BCUT2D eigenvalue weighted by Gasteiger charge is 2.57. The molecule has 0 amide bonds. The number of nitro benzene ring substituents is 3. The van der Waals surface area contributed by atoms with Crippen molar-refractivity contribution >= 4 is 52.0 Å². The van der Waals surface area contributed by atoms with Gasteiger partial charge in [-0.05, 0) is 11.1 Å². The summed E-state index contributed by atoms with van der Waals surface area (Å²) >= 11 is 0. The molecule has 5 rings (SSSR count). The van der Waals surface area contributed by atoms with Crippen LogP contribution in [0, 0.1) is 30.3 Å². The van der Waals surface area contributed by atoms with E-state index < -0.39 is 27.8 Å². The number of allylic oxidation sites excluding steroid dienone is 1. The molecular formula is C29H25BN3O6P. The first-order valence-corrected chi connectivity index (χ1v) is 15.5. The molecule has 0 saturated carbocycles. The Labute approximate surface area is 230 Å². The Morgan fingerprint density at radius 3 is 1.38 bits per heavy atom. The first kappa shape index (κ1) is 26.9. The van der Waals surface area contributed by atoms with E-state index in [9.17, 15) is 30.3 Å². The second kappa shape index (κ2) is 10.1. The van der Waals surface area contributed by atoms with E-state index in [0.717, 1.165) is 39.3 Å². The highest BCUT2D eigenvalue weighted by atomic mass is 31.2. The molecule has 4 aromatic rings. The predicted octanol–water partition coefficient (Wildman–Crippen LogP) is 5.91. The van der Waals surface area contributed by atoms with Crippen LogP contribution in [-0.4, -0.2) is 40.1 Å². The van der Waals surface area contributed by atoms with Crippen molar-refractivity contribution in [2.24, 2.45) is 0 Å². The van der Waals surface area contributed by atoms with E-state index in [1.54, 1.807) is 36.4 Å². The third-order valence-electron chi connectivity index (χ3n) is 8.04. The van der Waals surface area contributed by atoms with E-state index in [1.807, 2.05) is 30.3 Å². The molecule has 0 fully saturated rings. The summed E-state index contributed by atoms with van der Waals surface area (Å²) in [6.07, 6.45) is 0.747. The number of non-ortho nitro benzene ring substituents is 3. The highest BCUT2D eigenvalue weighted by molar-refractivity contribution is 8.14. The number of hydrogen-bond donors (Lipinski definition) is 0. The fraction of sp³-hybridized carbons (Fsp3) is 0.103. The zero-order valence-electron chi connectivity index (χ0n) is 21.8. The molecule has 0 N–H and O–H groups in total. The van der Waals surface area contributed by atoms with Crippen LogP contribution in [0.2, 0.25) is 0 Å². The van der Waals surface area contributed by atoms with Crippen molar-refractivity contribution in [3.05, 3.63) is 145 Å². The van der Waals surface area contributed by atoms with Crippen molar-refractivity contribution in [2.75, 3.05) is 19.5 Å². The van der Waals surface area contributed by atoms with Crippen LogP contribution in [0.4, 0.5) is 17.1 Å². The Kier molecular flexibility index (Phi) is 6.81. The molecule has 0 unspecified atom stereocenters. The van der Waals surface area contributed by atoms with Gasteiger partial charge in [-0.1, -0.05) is 72.3 Å². The smallest absolute Gasteiger partial charge is 0.258 e. The lowest BCUT2D eigenvalue weighted by Gasteiger charge is -2.45. The number of nitro groups is 3. The molecule has 9 nitrogen and oxygen atoms in total. The Morgan fingerprint density at radius 2 is 0.975 bits per heavy atom. The second-order valence-corrected chi connectivity index (χ2v) is 15.2. The van der Waals surface area contributed by atoms with Crippen LogP contribution < -0.4 is 10.9 Å². The van der Waals surface area contributed by atoms with Gasteiger partial charge in [-0.25, -0.2) is 0 Å². The summed E-state index contributed by atoms with van der Waals surface area (Å²) in [6.45, 7) is 4.49. The summed E-state index contributed by atoms with van der Waals surface area (Å²) in [5.74, 6) is -1.80. The van der Waals surface area contributed by atoms with Gasteiger partial charge in [0.25, 0.3) is 17.1 Å². The first-order valence-electron chi connectivity index (χ1n) is 12.6. The lowest BCUT2D eigenvalue weighted by atomic mass is 9.32. The van der Waals surface area contributed by atoms with Crippen LogP contribution in [0.1, 0.15) is 11.1 Å². The Balaban J connectivity index is 1.90. The predicted molar refractivity (Wildman–Crippen MR) is 161 cm³/mol. The van der Waals surface area contributed by atoms with Gasteiger partial charge in [0, 0.05) is 55.9 Å². The van der Waals surface area contributed by atoms with Gasteiger partial charge in [-0.2, -0.15) is 10.9 Å². The molecule has 11 heteroatoms. The molecule has 0 atom stereocenters. The van der Waals surface area contributed by atoms with Gasteiger partial charge in [0.15, 0.2) is 0 Å². The van der Waals surface area contributed by atoms with Gasteiger partial charge in [-0.15, -0.1) is 12.6 Å². The topological polar surface area (TPSA) is 129 Å². The summed E-state index contributed by atoms with van der Waals surface area (Å²) in [7, 11) is -2.02. The quantitative estimate of drug-likeness (QED) is 0.121. The SMILES string of the molecule is C[P+]1(C)CC(c2ccccc2)=C(c2ccc([N+](=O)[O-])cc2)[B-]1(c1ccc([N+](=O)[O-])cc1)c1ccc([N+](=O)[O-])cc1. The van der Waals surface area contributed by atoms with Crippen LogP contribution >= 0.6 is 7.14 Å². The Hall–Kier alpha value is -4.69. The van der Waals surface area contributed by atoms with Gasteiger partial charge in [0.1, 0.15) is 0 Å². The van der Waals surface area contributed by atoms with Crippen LogP contribution in [0.15, 0.2) is 103 Å². The van der Waals surface area contributed by atoms with Gasteiger partial charge in [-0.3, -0.25) is 30.3 Å². The summed E-state index contributed by atoms with van der Waals surface area (Å²) < 4.78 is 0. The molecule has 0 radical (unpaired) electrons.